The molecule has 2 rings (SSSR count). The molecular formula is C17H22O8. The second-order valence-electron chi connectivity index (χ2n) is 5.80. The highest BCUT2D eigenvalue weighted by Gasteiger charge is 2.43. The van der Waals surface area contributed by atoms with Crippen LogP contribution in [-0.4, -0.2) is 75.6 Å². The van der Waals surface area contributed by atoms with Gasteiger partial charge in [0, 0.05) is 6.42 Å². The average Bonchev–Trinajstić information content (AvgIpc) is 2.61. The van der Waals surface area contributed by atoms with E-state index in [4.69, 9.17) is 14.6 Å². The first-order valence-corrected chi connectivity index (χ1v) is 7.75. The fourth-order valence-corrected chi connectivity index (χ4v) is 2.60. The van der Waals surface area contributed by atoms with Crippen LogP contribution in [0.2, 0.25) is 0 Å². The Hall–Kier alpha value is -1.97. The first kappa shape index (κ1) is 19.4. The molecule has 25 heavy (non-hydrogen) atoms. The number of carbonyl (C=O) groups is 1. The van der Waals surface area contributed by atoms with Crippen LogP contribution in [0, 0.1) is 0 Å². The van der Waals surface area contributed by atoms with Gasteiger partial charge in [-0.1, -0.05) is 12.1 Å². The number of phenols is 1. The fourth-order valence-electron chi connectivity index (χ4n) is 2.60. The molecule has 5 N–H and O–H groups in total. The van der Waals surface area contributed by atoms with Crippen molar-refractivity contribution >= 4 is 11.9 Å². The summed E-state index contributed by atoms with van der Waals surface area (Å²) in [4.78, 5) is 12.1. The van der Waals surface area contributed by atoms with E-state index in [0.717, 1.165) is 0 Å². The first-order chi connectivity index (χ1) is 11.9. The van der Waals surface area contributed by atoms with Gasteiger partial charge in [-0.15, -0.1) is 0 Å². The summed E-state index contributed by atoms with van der Waals surface area (Å²) in [5.41, 5.74) is 0.622. The maximum Gasteiger partial charge on any atom is 0.161 e. The maximum atomic E-state index is 12.1. The molecule has 1 fully saturated rings. The predicted molar refractivity (Wildman–Crippen MR) is 87.1 cm³/mol. The molecule has 0 aromatic heterocycles. The Morgan fingerprint density at radius 3 is 2.52 bits per heavy atom. The van der Waals surface area contributed by atoms with E-state index in [9.17, 15) is 25.2 Å². The Morgan fingerprint density at radius 2 is 1.88 bits per heavy atom. The van der Waals surface area contributed by atoms with E-state index >= 15 is 0 Å². The number of aliphatic hydroxyl groups is 4. The number of ketones is 1. The lowest BCUT2D eigenvalue weighted by Gasteiger charge is -2.39. The zero-order chi connectivity index (χ0) is 18.6. The third-order valence-electron chi connectivity index (χ3n) is 4.06. The standard InChI is InChI=1S/C17H22O8/c1-24-12-6-9(3-5-11(12)20)2-4-10(19)7-13-15(21)17(23)16(22)14(8-18)25-13/h2-6,13-18,20-23H,7-8H2,1H3/b4-2+/t13?,14-,15+,16-,17-/m1/s1. The van der Waals surface area contributed by atoms with Crippen molar-refractivity contribution in [1.29, 1.82) is 0 Å². The number of allylic oxidation sites excluding steroid dienone is 1. The number of aliphatic hydroxyl groups excluding tert-OH is 4. The Bertz CT molecular complexity index is 627. The van der Waals surface area contributed by atoms with Crippen LogP contribution in [0.3, 0.4) is 0 Å². The number of carbonyl (C=O) groups excluding carboxylic acids is 1. The van der Waals surface area contributed by atoms with Crippen LogP contribution in [-0.2, 0) is 9.53 Å². The summed E-state index contributed by atoms with van der Waals surface area (Å²) in [7, 11) is 1.41. The van der Waals surface area contributed by atoms with Gasteiger partial charge >= 0.3 is 0 Å². The zero-order valence-electron chi connectivity index (χ0n) is 13.6. The number of hydrogen-bond acceptors (Lipinski definition) is 8. The van der Waals surface area contributed by atoms with Crippen LogP contribution >= 0.6 is 0 Å². The van der Waals surface area contributed by atoms with Crippen LogP contribution in [0.5, 0.6) is 11.5 Å². The molecule has 1 aromatic carbocycles. The van der Waals surface area contributed by atoms with E-state index in [-0.39, 0.29) is 23.7 Å². The third kappa shape index (κ3) is 4.56. The molecule has 0 aliphatic carbocycles. The number of hydrogen-bond donors (Lipinski definition) is 5. The van der Waals surface area contributed by atoms with Crippen molar-refractivity contribution in [3.63, 3.8) is 0 Å². The van der Waals surface area contributed by atoms with E-state index < -0.39 is 37.1 Å². The normalized spacial score (nSPS) is 29.7. The molecular weight excluding hydrogens is 332 g/mol. The van der Waals surface area contributed by atoms with Crippen LogP contribution in [0.4, 0.5) is 0 Å². The van der Waals surface area contributed by atoms with Gasteiger partial charge in [0.05, 0.1) is 19.8 Å². The summed E-state index contributed by atoms with van der Waals surface area (Å²) >= 11 is 0. The Balaban J connectivity index is 2.01. The first-order valence-electron chi connectivity index (χ1n) is 7.75. The monoisotopic (exact) mass is 354 g/mol. The van der Waals surface area contributed by atoms with Gasteiger partial charge in [-0.25, -0.2) is 0 Å². The van der Waals surface area contributed by atoms with Gasteiger partial charge in [-0.2, -0.15) is 0 Å². The zero-order valence-corrected chi connectivity index (χ0v) is 13.6. The fraction of sp³-hybridized carbons (Fsp3) is 0.471. The van der Waals surface area contributed by atoms with E-state index in [1.807, 2.05) is 0 Å². The average molecular weight is 354 g/mol. The maximum absolute atomic E-state index is 12.1. The molecule has 1 saturated heterocycles. The topological polar surface area (TPSA) is 137 Å². The van der Waals surface area contributed by atoms with Gasteiger partial charge in [0.15, 0.2) is 17.3 Å². The lowest BCUT2D eigenvalue weighted by molar-refractivity contribution is -0.229. The summed E-state index contributed by atoms with van der Waals surface area (Å²) in [6.45, 7) is -0.543. The van der Waals surface area contributed by atoms with E-state index in [2.05, 4.69) is 0 Å². The van der Waals surface area contributed by atoms with Crippen molar-refractivity contribution in [2.24, 2.45) is 0 Å². The Kier molecular flexibility index (Phi) is 6.51. The second-order valence-corrected chi connectivity index (χ2v) is 5.80. The summed E-state index contributed by atoms with van der Waals surface area (Å²) in [5.74, 6) is -0.132. The SMILES string of the molecule is COc1cc(/C=C/C(=O)CC2O[C@H](CO)[C@@H](O)[C@H](O)[C@H]2O)ccc1O. The van der Waals surface area contributed by atoms with Gasteiger partial charge in [-0.05, 0) is 23.8 Å². The quantitative estimate of drug-likeness (QED) is 0.420. The molecule has 1 heterocycles. The summed E-state index contributed by atoms with van der Waals surface area (Å²) in [6.07, 6.45) is -3.93. The number of rotatable bonds is 6. The van der Waals surface area contributed by atoms with Gasteiger partial charge in [0.1, 0.15) is 24.4 Å². The van der Waals surface area contributed by atoms with Crippen molar-refractivity contribution < 1.29 is 39.8 Å². The minimum Gasteiger partial charge on any atom is -0.504 e. The number of methoxy groups -OCH3 is 1. The number of phenolic OH excluding ortho intramolecular Hbond substituents is 1. The lowest BCUT2D eigenvalue weighted by atomic mass is 9.92. The lowest BCUT2D eigenvalue weighted by Crippen LogP contribution is -2.58. The van der Waals surface area contributed by atoms with Gasteiger partial charge in [0.25, 0.3) is 0 Å². The molecule has 5 atom stereocenters. The molecule has 1 aromatic rings. The van der Waals surface area contributed by atoms with E-state index in [1.54, 1.807) is 12.1 Å². The highest BCUT2D eigenvalue weighted by molar-refractivity contribution is 5.94. The minimum absolute atomic E-state index is 0.0210. The smallest absolute Gasteiger partial charge is 0.161 e. The molecule has 8 nitrogen and oxygen atoms in total. The van der Waals surface area contributed by atoms with Crippen LogP contribution in [0.25, 0.3) is 6.08 Å². The van der Waals surface area contributed by atoms with Crippen molar-refractivity contribution in [2.45, 2.75) is 36.9 Å². The van der Waals surface area contributed by atoms with Crippen molar-refractivity contribution in [3.8, 4) is 11.5 Å². The third-order valence-corrected chi connectivity index (χ3v) is 4.06. The van der Waals surface area contributed by atoms with Crippen molar-refractivity contribution in [2.75, 3.05) is 13.7 Å². The Labute approximate surface area is 144 Å². The molecule has 8 heteroatoms. The van der Waals surface area contributed by atoms with Crippen LogP contribution in [0.15, 0.2) is 24.3 Å². The van der Waals surface area contributed by atoms with Gasteiger partial charge < -0.3 is 35.0 Å². The molecule has 1 unspecified atom stereocenters. The van der Waals surface area contributed by atoms with E-state index in [1.165, 1.54) is 25.3 Å². The molecule has 0 amide bonds. The molecule has 0 saturated carbocycles. The molecule has 0 radical (unpaired) electrons. The van der Waals surface area contributed by atoms with Gasteiger partial charge in [0.2, 0.25) is 0 Å². The second kappa shape index (κ2) is 8.41. The van der Waals surface area contributed by atoms with Crippen LogP contribution in [0.1, 0.15) is 12.0 Å². The van der Waals surface area contributed by atoms with E-state index in [0.29, 0.717) is 5.56 Å². The highest BCUT2D eigenvalue weighted by atomic mass is 16.5. The van der Waals surface area contributed by atoms with Gasteiger partial charge in [-0.3, -0.25) is 4.79 Å². The number of benzene rings is 1. The molecule has 0 spiro atoms. The summed E-state index contributed by atoms with van der Waals surface area (Å²) in [5, 5.41) is 48.0. The number of aromatic hydroxyl groups is 1. The molecule has 0 bridgehead atoms. The van der Waals surface area contributed by atoms with Crippen LogP contribution < -0.4 is 4.74 Å². The predicted octanol–water partition coefficient (Wildman–Crippen LogP) is -0.784. The number of ether oxygens (including phenoxy) is 2. The summed E-state index contributed by atoms with van der Waals surface area (Å²) in [6, 6.07) is 4.57. The van der Waals surface area contributed by atoms with Crippen molar-refractivity contribution in [3.05, 3.63) is 29.8 Å². The summed E-state index contributed by atoms with van der Waals surface area (Å²) < 4.78 is 10.3. The minimum atomic E-state index is -1.51. The molecule has 1 aliphatic heterocycles. The molecule has 1 aliphatic rings. The van der Waals surface area contributed by atoms with Crippen molar-refractivity contribution in [1.82, 2.24) is 0 Å². The molecule has 138 valence electrons. The highest BCUT2D eigenvalue weighted by Crippen LogP contribution is 2.27. The largest absolute Gasteiger partial charge is 0.504 e. The Morgan fingerprint density at radius 1 is 1.20 bits per heavy atom.